The number of nitrogens with zero attached hydrogens (tertiary/aromatic N) is 1. The summed E-state index contributed by atoms with van der Waals surface area (Å²) in [6.45, 7) is 8.34. The molecule has 0 aromatic heterocycles. The number of ether oxygens (including phenoxy) is 1. The highest BCUT2D eigenvalue weighted by Crippen LogP contribution is 2.40. The zero-order chi connectivity index (χ0) is 20.0. The van der Waals surface area contributed by atoms with Gasteiger partial charge in [-0.05, 0) is 56.1 Å². The first-order valence-electron chi connectivity index (χ1n) is 10.4. The Hall–Kier alpha value is -2.13. The molecule has 2 atom stereocenters. The molecule has 1 saturated heterocycles. The van der Waals surface area contributed by atoms with Crippen LogP contribution >= 0.6 is 0 Å². The van der Waals surface area contributed by atoms with Gasteiger partial charge >= 0.3 is 0 Å². The number of benzene rings is 2. The first-order valence-corrected chi connectivity index (χ1v) is 10.4. The predicted octanol–water partition coefficient (Wildman–Crippen LogP) is 5.41. The summed E-state index contributed by atoms with van der Waals surface area (Å²) in [6.07, 6.45) is 3.13. The Balaban J connectivity index is 1.74. The quantitative estimate of drug-likeness (QED) is 0.643. The van der Waals surface area contributed by atoms with Crippen LogP contribution in [-0.2, 0) is 16.1 Å². The Bertz CT molecular complexity index is 742. The zero-order valence-corrected chi connectivity index (χ0v) is 17.4. The van der Waals surface area contributed by atoms with Crippen molar-refractivity contribution in [3.63, 3.8) is 0 Å². The first kappa shape index (κ1) is 20.6. The van der Waals surface area contributed by atoms with E-state index in [4.69, 9.17) is 4.74 Å². The molecule has 0 spiro atoms. The summed E-state index contributed by atoms with van der Waals surface area (Å²) in [7, 11) is 0. The summed E-state index contributed by atoms with van der Waals surface area (Å²) in [6, 6.07) is 21.1. The van der Waals surface area contributed by atoms with E-state index >= 15 is 0 Å². The van der Waals surface area contributed by atoms with Crippen LogP contribution in [0.15, 0.2) is 60.7 Å². The van der Waals surface area contributed by atoms with E-state index in [1.54, 1.807) is 6.92 Å². The van der Waals surface area contributed by atoms with Crippen LogP contribution in [0.1, 0.15) is 57.1 Å². The van der Waals surface area contributed by atoms with Crippen molar-refractivity contribution >= 4 is 5.91 Å². The molecule has 0 radical (unpaired) electrons. The third-order valence-corrected chi connectivity index (χ3v) is 5.90. The van der Waals surface area contributed by atoms with E-state index in [0.29, 0.717) is 18.4 Å². The number of amides is 1. The van der Waals surface area contributed by atoms with Crippen LogP contribution in [-0.4, -0.2) is 29.6 Å². The van der Waals surface area contributed by atoms with Gasteiger partial charge in [-0.1, -0.05) is 60.7 Å². The highest BCUT2D eigenvalue weighted by molar-refractivity contribution is 5.73. The van der Waals surface area contributed by atoms with E-state index in [1.807, 2.05) is 23.1 Å². The molecule has 150 valence electrons. The van der Waals surface area contributed by atoms with Gasteiger partial charge in [0.1, 0.15) is 0 Å². The number of hydrogen-bond donors (Lipinski definition) is 0. The molecule has 2 aromatic rings. The summed E-state index contributed by atoms with van der Waals surface area (Å²) in [5.41, 5.74) is 2.50. The third-order valence-electron chi connectivity index (χ3n) is 5.90. The van der Waals surface area contributed by atoms with E-state index in [9.17, 15) is 4.79 Å². The fraction of sp³-hybridized carbons (Fsp3) is 0.480. The molecule has 1 aliphatic heterocycles. The summed E-state index contributed by atoms with van der Waals surface area (Å²) in [5.74, 6) is 1.17. The largest absolute Gasteiger partial charge is 0.376 e. The van der Waals surface area contributed by atoms with Crippen molar-refractivity contribution in [2.24, 2.45) is 5.92 Å². The summed E-state index contributed by atoms with van der Waals surface area (Å²) >= 11 is 0. The molecule has 2 aromatic carbocycles. The zero-order valence-electron chi connectivity index (χ0n) is 17.4. The SMILES string of the molecule is CC(=O)N(CC[C@H](c1ccccc1)[C@H]1CCOC(C)(C)C1)Cc1ccccc1. The van der Waals surface area contributed by atoms with Crippen molar-refractivity contribution in [1.29, 1.82) is 0 Å². The lowest BCUT2D eigenvalue weighted by Crippen LogP contribution is -2.37. The van der Waals surface area contributed by atoms with Crippen LogP contribution in [0.25, 0.3) is 0 Å². The molecule has 3 heteroatoms. The minimum Gasteiger partial charge on any atom is -0.376 e. The van der Waals surface area contributed by atoms with Crippen LogP contribution in [0.3, 0.4) is 0 Å². The van der Waals surface area contributed by atoms with E-state index < -0.39 is 0 Å². The Morgan fingerprint density at radius 1 is 1.11 bits per heavy atom. The van der Waals surface area contributed by atoms with Gasteiger partial charge in [-0.3, -0.25) is 4.79 Å². The Labute approximate surface area is 169 Å². The third kappa shape index (κ3) is 5.68. The van der Waals surface area contributed by atoms with Crippen molar-refractivity contribution in [3.8, 4) is 0 Å². The first-order chi connectivity index (χ1) is 13.4. The number of rotatable bonds is 7. The molecule has 1 aliphatic rings. The lowest BCUT2D eigenvalue weighted by Gasteiger charge is -2.40. The van der Waals surface area contributed by atoms with Gasteiger partial charge in [0, 0.05) is 26.6 Å². The van der Waals surface area contributed by atoms with Crippen molar-refractivity contribution in [2.75, 3.05) is 13.2 Å². The van der Waals surface area contributed by atoms with Gasteiger partial charge in [0.05, 0.1) is 5.60 Å². The average molecular weight is 380 g/mol. The monoisotopic (exact) mass is 379 g/mol. The molecule has 1 amide bonds. The van der Waals surface area contributed by atoms with Crippen molar-refractivity contribution in [2.45, 2.75) is 58.1 Å². The van der Waals surface area contributed by atoms with Gasteiger partial charge in [0.15, 0.2) is 0 Å². The number of hydrogen-bond acceptors (Lipinski definition) is 2. The predicted molar refractivity (Wildman–Crippen MR) is 114 cm³/mol. The van der Waals surface area contributed by atoms with E-state index in [-0.39, 0.29) is 11.5 Å². The fourth-order valence-corrected chi connectivity index (χ4v) is 4.44. The van der Waals surface area contributed by atoms with Gasteiger partial charge in [-0.25, -0.2) is 0 Å². The molecule has 0 bridgehead atoms. The summed E-state index contributed by atoms with van der Waals surface area (Å²) in [4.78, 5) is 14.3. The standard InChI is InChI=1S/C25H33NO2/c1-20(27)26(19-21-10-6-4-7-11-21)16-14-24(22-12-8-5-9-13-22)23-15-17-28-25(2,3)18-23/h4-13,23-24H,14-19H2,1-3H3/t23-,24+/m0/s1. The van der Waals surface area contributed by atoms with Gasteiger partial charge < -0.3 is 9.64 Å². The maximum Gasteiger partial charge on any atom is 0.219 e. The minimum atomic E-state index is -0.0692. The smallest absolute Gasteiger partial charge is 0.219 e. The molecule has 3 nitrogen and oxygen atoms in total. The van der Waals surface area contributed by atoms with Crippen molar-refractivity contribution in [3.05, 3.63) is 71.8 Å². The molecule has 0 unspecified atom stereocenters. The Morgan fingerprint density at radius 2 is 1.75 bits per heavy atom. The van der Waals surface area contributed by atoms with Gasteiger partial charge in [0.25, 0.3) is 0 Å². The van der Waals surface area contributed by atoms with Crippen molar-refractivity contribution in [1.82, 2.24) is 4.90 Å². The summed E-state index contributed by atoms with van der Waals surface area (Å²) < 4.78 is 5.96. The molecule has 3 rings (SSSR count). The van der Waals surface area contributed by atoms with E-state index in [0.717, 1.165) is 32.4 Å². The normalized spacial score (nSPS) is 19.8. The lowest BCUT2D eigenvalue weighted by atomic mass is 9.75. The Kier molecular flexibility index (Phi) is 6.90. The Morgan fingerprint density at radius 3 is 2.36 bits per heavy atom. The molecule has 1 heterocycles. The van der Waals surface area contributed by atoms with Crippen molar-refractivity contribution < 1.29 is 9.53 Å². The van der Waals surface area contributed by atoms with Crippen LogP contribution in [0.2, 0.25) is 0 Å². The lowest BCUT2D eigenvalue weighted by molar-refractivity contribution is -0.129. The molecule has 28 heavy (non-hydrogen) atoms. The van der Waals surface area contributed by atoms with Crippen LogP contribution in [0, 0.1) is 5.92 Å². The maximum atomic E-state index is 12.3. The van der Waals surface area contributed by atoms with Gasteiger partial charge in [-0.15, -0.1) is 0 Å². The molecule has 0 aliphatic carbocycles. The second-order valence-corrected chi connectivity index (χ2v) is 8.59. The van der Waals surface area contributed by atoms with Crippen LogP contribution in [0.4, 0.5) is 0 Å². The van der Waals surface area contributed by atoms with Crippen LogP contribution in [0.5, 0.6) is 0 Å². The topological polar surface area (TPSA) is 29.5 Å². The van der Waals surface area contributed by atoms with Gasteiger partial charge in [0.2, 0.25) is 5.91 Å². The minimum absolute atomic E-state index is 0.0692. The second kappa shape index (κ2) is 9.38. The average Bonchev–Trinajstić information content (AvgIpc) is 2.68. The van der Waals surface area contributed by atoms with Gasteiger partial charge in [-0.2, -0.15) is 0 Å². The summed E-state index contributed by atoms with van der Waals surface area (Å²) in [5, 5.41) is 0. The molecular formula is C25H33NO2. The van der Waals surface area contributed by atoms with Crippen LogP contribution < -0.4 is 0 Å². The fourth-order valence-electron chi connectivity index (χ4n) is 4.44. The molecular weight excluding hydrogens is 346 g/mol. The maximum absolute atomic E-state index is 12.3. The second-order valence-electron chi connectivity index (χ2n) is 8.59. The number of carbonyl (C=O) groups excluding carboxylic acids is 1. The molecule has 1 fully saturated rings. The molecule has 0 saturated carbocycles. The number of carbonyl (C=O) groups is 1. The van der Waals surface area contributed by atoms with E-state index in [2.05, 4.69) is 56.3 Å². The highest BCUT2D eigenvalue weighted by Gasteiger charge is 2.34. The van der Waals surface area contributed by atoms with E-state index in [1.165, 1.54) is 11.1 Å². The highest BCUT2D eigenvalue weighted by atomic mass is 16.5. The molecule has 0 N–H and O–H groups in total.